The maximum absolute atomic E-state index is 13.4. The average molecular weight is 383 g/mol. The first-order chi connectivity index (χ1) is 11.9. The van der Waals surface area contributed by atoms with Crippen LogP contribution in [0.2, 0.25) is 10.0 Å². The molecule has 2 aromatic heterocycles. The van der Waals surface area contributed by atoms with Crippen LogP contribution in [0.15, 0.2) is 30.5 Å². The van der Waals surface area contributed by atoms with Gasteiger partial charge in [0.25, 0.3) is 5.92 Å². The second kappa shape index (κ2) is 6.11. The van der Waals surface area contributed by atoms with Crippen LogP contribution in [0.25, 0.3) is 22.4 Å². The Bertz CT molecular complexity index is 893. The van der Waals surface area contributed by atoms with Crippen LogP contribution in [-0.2, 0) is 0 Å². The molecule has 0 bridgehead atoms. The first kappa shape index (κ1) is 16.5. The number of nitrogens with zero attached hydrogens (tertiary/aromatic N) is 3. The quantitative estimate of drug-likeness (QED) is 0.664. The third kappa shape index (κ3) is 3.16. The van der Waals surface area contributed by atoms with E-state index in [0.29, 0.717) is 27.2 Å². The van der Waals surface area contributed by atoms with E-state index in [0.717, 1.165) is 11.1 Å². The fourth-order valence-electron chi connectivity index (χ4n) is 3.01. The molecule has 3 aromatic rings. The Balaban J connectivity index is 1.74. The molecule has 3 heterocycles. The number of benzene rings is 1. The molecule has 4 rings (SSSR count). The maximum Gasteiger partial charge on any atom is 0.251 e. The lowest BCUT2D eigenvalue weighted by molar-refractivity contribution is -0.0221. The average Bonchev–Trinajstić information content (AvgIpc) is 2.98. The molecule has 0 spiro atoms. The Morgan fingerprint density at radius 2 is 1.84 bits per heavy atom. The molecule has 1 aliphatic heterocycles. The summed E-state index contributed by atoms with van der Waals surface area (Å²) in [5.41, 5.74) is 2.20. The number of nitrogens with one attached hydrogen (secondary N) is 1. The van der Waals surface area contributed by atoms with Crippen molar-refractivity contribution in [1.29, 1.82) is 0 Å². The van der Waals surface area contributed by atoms with Gasteiger partial charge >= 0.3 is 0 Å². The Kier molecular flexibility index (Phi) is 4.04. The van der Waals surface area contributed by atoms with Crippen molar-refractivity contribution in [2.45, 2.75) is 18.8 Å². The zero-order chi connectivity index (χ0) is 17.6. The smallest absolute Gasteiger partial charge is 0.251 e. The van der Waals surface area contributed by atoms with Gasteiger partial charge in [0.15, 0.2) is 0 Å². The topological polar surface area (TPSA) is 44.8 Å². The third-order valence-electron chi connectivity index (χ3n) is 4.36. The van der Waals surface area contributed by atoms with Gasteiger partial charge in [0.2, 0.25) is 0 Å². The van der Waals surface area contributed by atoms with Crippen molar-refractivity contribution < 1.29 is 8.78 Å². The van der Waals surface area contributed by atoms with Crippen molar-refractivity contribution in [2.24, 2.45) is 0 Å². The van der Waals surface area contributed by atoms with Crippen LogP contribution >= 0.6 is 23.2 Å². The van der Waals surface area contributed by atoms with E-state index in [2.05, 4.69) is 15.0 Å². The van der Waals surface area contributed by atoms with E-state index >= 15 is 0 Å². The Morgan fingerprint density at radius 1 is 1.12 bits per heavy atom. The van der Waals surface area contributed by atoms with E-state index in [9.17, 15) is 8.78 Å². The Labute approximate surface area is 152 Å². The number of hydrogen-bond acceptors (Lipinski definition) is 3. The molecular formula is C17H14Cl2F2N4. The number of anilines is 1. The van der Waals surface area contributed by atoms with Crippen LogP contribution in [0.5, 0.6) is 0 Å². The van der Waals surface area contributed by atoms with Gasteiger partial charge in [-0.25, -0.2) is 18.7 Å². The van der Waals surface area contributed by atoms with Crippen molar-refractivity contribution in [3.05, 3.63) is 40.5 Å². The van der Waals surface area contributed by atoms with Gasteiger partial charge in [-0.2, -0.15) is 0 Å². The van der Waals surface area contributed by atoms with E-state index in [1.165, 1.54) is 0 Å². The lowest BCUT2D eigenvalue weighted by atomic mass is 10.1. The summed E-state index contributed by atoms with van der Waals surface area (Å²) in [6.07, 6.45) is 1.31. The van der Waals surface area contributed by atoms with E-state index in [-0.39, 0.29) is 25.9 Å². The summed E-state index contributed by atoms with van der Waals surface area (Å²) in [6.45, 7) is 0.518. The van der Waals surface area contributed by atoms with E-state index in [1.807, 2.05) is 11.0 Å². The number of fused-ring (bicyclic) bond motifs is 1. The fourth-order valence-corrected chi connectivity index (χ4v) is 3.33. The van der Waals surface area contributed by atoms with Crippen molar-refractivity contribution in [1.82, 2.24) is 15.0 Å². The number of alkyl halides is 2. The number of H-pyrrole nitrogens is 1. The first-order valence-electron chi connectivity index (χ1n) is 7.86. The zero-order valence-electron chi connectivity index (χ0n) is 13.1. The molecule has 8 heteroatoms. The number of rotatable bonds is 2. The van der Waals surface area contributed by atoms with Gasteiger partial charge in [0, 0.05) is 32.1 Å². The molecule has 130 valence electrons. The summed E-state index contributed by atoms with van der Waals surface area (Å²) in [6, 6.07) is 7.07. The number of piperidine rings is 1. The van der Waals surface area contributed by atoms with Crippen LogP contribution in [0.4, 0.5) is 14.6 Å². The van der Waals surface area contributed by atoms with Crippen molar-refractivity contribution in [2.75, 3.05) is 18.0 Å². The summed E-state index contributed by atoms with van der Waals surface area (Å²) in [4.78, 5) is 14.0. The minimum atomic E-state index is -2.60. The maximum atomic E-state index is 13.4. The SMILES string of the molecule is FC1(F)CCN(c2ncccc2-c2nc3cc(Cl)c(Cl)cc3[nH]2)CC1. The first-order valence-corrected chi connectivity index (χ1v) is 8.61. The molecule has 4 nitrogen and oxygen atoms in total. The fraction of sp³-hybridized carbons (Fsp3) is 0.294. The second-order valence-electron chi connectivity index (χ2n) is 6.09. The largest absolute Gasteiger partial charge is 0.356 e. The normalized spacial score (nSPS) is 17.2. The molecule has 25 heavy (non-hydrogen) atoms. The van der Waals surface area contributed by atoms with Gasteiger partial charge in [-0.15, -0.1) is 0 Å². The number of aromatic amines is 1. The molecule has 0 aliphatic carbocycles. The highest BCUT2D eigenvalue weighted by Crippen LogP contribution is 2.35. The lowest BCUT2D eigenvalue weighted by Crippen LogP contribution is -2.40. The highest BCUT2D eigenvalue weighted by Gasteiger charge is 2.35. The van der Waals surface area contributed by atoms with Gasteiger partial charge in [-0.05, 0) is 24.3 Å². The van der Waals surface area contributed by atoms with Crippen molar-refractivity contribution in [3.63, 3.8) is 0 Å². The second-order valence-corrected chi connectivity index (χ2v) is 6.90. The van der Waals surface area contributed by atoms with Gasteiger partial charge < -0.3 is 9.88 Å². The number of imidazole rings is 1. The van der Waals surface area contributed by atoms with Crippen LogP contribution in [0, 0.1) is 0 Å². The predicted octanol–water partition coefficient (Wildman–Crippen LogP) is 5.17. The van der Waals surface area contributed by atoms with E-state index in [1.54, 1.807) is 24.4 Å². The number of halogens is 4. The van der Waals surface area contributed by atoms with Crippen LogP contribution in [-0.4, -0.2) is 34.0 Å². The molecule has 0 amide bonds. The van der Waals surface area contributed by atoms with E-state index in [4.69, 9.17) is 23.2 Å². The molecular weight excluding hydrogens is 369 g/mol. The molecule has 1 aromatic carbocycles. The Hall–Kier alpha value is -1.92. The van der Waals surface area contributed by atoms with Gasteiger partial charge in [0.1, 0.15) is 11.6 Å². The molecule has 0 unspecified atom stereocenters. The van der Waals surface area contributed by atoms with E-state index < -0.39 is 5.92 Å². The monoisotopic (exact) mass is 382 g/mol. The molecule has 1 aliphatic rings. The van der Waals surface area contributed by atoms with Crippen LogP contribution < -0.4 is 4.90 Å². The molecule has 1 N–H and O–H groups in total. The highest BCUT2D eigenvalue weighted by atomic mass is 35.5. The summed E-state index contributed by atoms with van der Waals surface area (Å²) in [5.74, 6) is -1.35. The summed E-state index contributed by atoms with van der Waals surface area (Å²) in [5, 5.41) is 0.867. The predicted molar refractivity (Wildman–Crippen MR) is 95.7 cm³/mol. The summed E-state index contributed by atoms with van der Waals surface area (Å²) < 4.78 is 26.9. The van der Waals surface area contributed by atoms with Crippen LogP contribution in [0.3, 0.4) is 0 Å². The standard InChI is InChI=1S/C17H14Cl2F2N4/c18-11-8-13-14(9-12(11)19)24-15(23-13)10-2-1-5-22-16(10)25-6-3-17(20,21)4-7-25/h1-2,5,8-9H,3-4,6-7H2,(H,23,24). The molecule has 0 radical (unpaired) electrons. The highest BCUT2D eigenvalue weighted by molar-refractivity contribution is 6.42. The number of hydrogen-bond donors (Lipinski definition) is 1. The van der Waals surface area contributed by atoms with Crippen molar-refractivity contribution >= 4 is 40.1 Å². The third-order valence-corrected chi connectivity index (χ3v) is 5.08. The molecule has 1 saturated heterocycles. The van der Waals surface area contributed by atoms with Gasteiger partial charge in [0.05, 0.1) is 26.6 Å². The zero-order valence-corrected chi connectivity index (χ0v) is 14.6. The van der Waals surface area contributed by atoms with Crippen LogP contribution in [0.1, 0.15) is 12.8 Å². The number of pyridine rings is 1. The summed E-state index contributed by atoms with van der Waals surface area (Å²) in [7, 11) is 0. The van der Waals surface area contributed by atoms with Gasteiger partial charge in [-0.1, -0.05) is 23.2 Å². The summed E-state index contributed by atoms with van der Waals surface area (Å²) >= 11 is 12.1. The number of aromatic nitrogens is 3. The minimum absolute atomic E-state index is 0.172. The molecule has 0 atom stereocenters. The van der Waals surface area contributed by atoms with Crippen molar-refractivity contribution in [3.8, 4) is 11.4 Å². The Morgan fingerprint density at radius 3 is 2.60 bits per heavy atom. The molecule has 0 saturated carbocycles. The van der Waals surface area contributed by atoms with Gasteiger partial charge in [-0.3, -0.25) is 0 Å². The molecule has 1 fully saturated rings. The lowest BCUT2D eigenvalue weighted by Gasteiger charge is -2.33. The minimum Gasteiger partial charge on any atom is -0.356 e.